The van der Waals surface area contributed by atoms with Crippen molar-refractivity contribution < 1.29 is 9.59 Å². The second-order valence-corrected chi connectivity index (χ2v) is 5.98. The highest BCUT2D eigenvalue weighted by molar-refractivity contribution is 6.31. The molecular weight excluding hydrogens is 324 g/mol. The molecule has 2 aromatic rings. The van der Waals surface area contributed by atoms with Crippen LogP contribution < -0.4 is 10.6 Å². The minimum atomic E-state index is -0.228. The number of hydrogen-bond acceptors (Lipinski definition) is 2. The van der Waals surface area contributed by atoms with E-state index in [1.807, 2.05) is 0 Å². The van der Waals surface area contributed by atoms with Crippen LogP contribution in [-0.2, 0) is 4.79 Å². The van der Waals surface area contributed by atoms with Crippen LogP contribution in [-0.4, -0.2) is 11.8 Å². The van der Waals surface area contributed by atoms with Gasteiger partial charge in [-0.05, 0) is 48.9 Å². The van der Waals surface area contributed by atoms with Gasteiger partial charge in [-0.3, -0.25) is 9.59 Å². The van der Waals surface area contributed by atoms with Crippen molar-refractivity contribution in [2.24, 2.45) is 0 Å². The number of halogens is 1. The summed E-state index contributed by atoms with van der Waals surface area (Å²) < 4.78 is 0. The molecular formula is C19H21ClN2O2. The van der Waals surface area contributed by atoms with Gasteiger partial charge in [-0.25, -0.2) is 0 Å². The third kappa shape index (κ3) is 5.70. The molecule has 0 fully saturated rings. The second kappa shape index (κ2) is 9.08. The molecule has 0 saturated carbocycles. The average molecular weight is 345 g/mol. The zero-order chi connectivity index (χ0) is 17.4. The molecule has 0 aliphatic rings. The molecule has 0 unspecified atom stereocenters. The summed E-state index contributed by atoms with van der Waals surface area (Å²) in [6.07, 6.45) is 3.58. The molecule has 2 aromatic carbocycles. The Balaban J connectivity index is 1.90. The molecule has 0 aliphatic heterocycles. The maximum Gasteiger partial charge on any atom is 0.255 e. The summed E-state index contributed by atoms with van der Waals surface area (Å²) in [5, 5.41) is 6.17. The number of carbonyl (C=O) groups is 2. The van der Waals surface area contributed by atoms with Crippen LogP contribution >= 0.6 is 11.6 Å². The fourth-order valence-corrected chi connectivity index (χ4v) is 2.42. The largest absolute Gasteiger partial charge is 0.326 e. The standard InChI is InChI=1S/C19H21ClN2O2/c1-2-3-4-8-18(23)21-16-9-11-17(12-10-16)22-19(24)14-6-5-7-15(20)13-14/h5-7,9-13H,2-4,8H2,1H3,(H,21,23)(H,22,24). The van der Waals surface area contributed by atoms with Gasteiger partial charge in [0.05, 0.1) is 0 Å². The Morgan fingerprint density at radius 2 is 1.62 bits per heavy atom. The monoisotopic (exact) mass is 344 g/mol. The lowest BCUT2D eigenvalue weighted by Gasteiger charge is -2.08. The summed E-state index contributed by atoms with van der Waals surface area (Å²) in [7, 11) is 0. The van der Waals surface area contributed by atoms with Gasteiger partial charge in [0.25, 0.3) is 5.91 Å². The van der Waals surface area contributed by atoms with E-state index in [-0.39, 0.29) is 11.8 Å². The van der Waals surface area contributed by atoms with E-state index < -0.39 is 0 Å². The SMILES string of the molecule is CCCCCC(=O)Nc1ccc(NC(=O)c2cccc(Cl)c2)cc1. The summed E-state index contributed by atoms with van der Waals surface area (Å²) in [4.78, 5) is 23.9. The molecule has 5 heteroatoms. The van der Waals surface area contributed by atoms with Crippen LogP contribution in [0.4, 0.5) is 11.4 Å². The van der Waals surface area contributed by atoms with Gasteiger partial charge in [0.2, 0.25) is 5.91 Å². The molecule has 0 heterocycles. The number of anilines is 2. The van der Waals surface area contributed by atoms with Gasteiger partial charge in [0, 0.05) is 28.4 Å². The van der Waals surface area contributed by atoms with E-state index in [2.05, 4.69) is 17.6 Å². The summed E-state index contributed by atoms with van der Waals surface area (Å²) >= 11 is 5.89. The van der Waals surface area contributed by atoms with Crippen molar-refractivity contribution >= 4 is 34.8 Å². The van der Waals surface area contributed by atoms with Crippen LogP contribution in [0.3, 0.4) is 0 Å². The first-order chi connectivity index (χ1) is 11.6. The second-order valence-electron chi connectivity index (χ2n) is 5.55. The fraction of sp³-hybridized carbons (Fsp3) is 0.263. The summed E-state index contributed by atoms with van der Waals surface area (Å²) in [5.41, 5.74) is 1.87. The Hall–Kier alpha value is -2.33. The average Bonchev–Trinajstić information content (AvgIpc) is 2.57. The van der Waals surface area contributed by atoms with Crippen LogP contribution in [0, 0.1) is 0 Å². The fourth-order valence-electron chi connectivity index (χ4n) is 2.23. The Morgan fingerprint density at radius 3 is 2.25 bits per heavy atom. The van der Waals surface area contributed by atoms with Gasteiger partial charge in [0.1, 0.15) is 0 Å². The minimum Gasteiger partial charge on any atom is -0.326 e. The molecule has 2 amide bonds. The number of carbonyl (C=O) groups excluding carboxylic acids is 2. The van der Waals surface area contributed by atoms with Crippen molar-refractivity contribution in [3.63, 3.8) is 0 Å². The van der Waals surface area contributed by atoms with E-state index in [9.17, 15) is 9.59 Å². The molecule has 2 rings (SSSR count). The topological polar surface area (TPSA) is 58.2 Å². The molecule has 2 N–H and O–H groups in total. The van der Waals surface area contributed by atoms with Gasteiger partial charge in [-0.2, -0.15) is 0 Å². The van der Waals surface area contributed by atoms with Crippen LogP contribution in [0.15, 0.2) is 48.5 Å². The first-order valence-electron chi connectivity index (χ1n) is 8.05. The molecule has 0 bridgehead atoms. The van der Waals surface area contributed by atoms with Gasteiger partial charge < -0.3 is 10.6 Å². The molecule has 24 heavy (non-hydrogen) atoms. The maximum atomic E-state index is 12.1. The number of benzene rings is 2. The molecule has 4 nitrogen and oxygen atoms in total. The Bertz CT molecular complexity index is 699. The normalized spacial score (nSPS) is 10.2. The zero-order valence-electron chi connectivity index (χ0n) is 13.6. The van der Waals surface area contributed by atoms with Gasteiger partial charge in [0.15, 0.2) is 0 Å². The molecule has 0 saturated heterocycles. The van der Waals surface area contributed by atoms with E-state index in [4.69, 9.17) is 11.6 Å². The Morgan fingerprint density at radius 1 is 0.958 bits per heavy atom. The van der Waals surface area contributed by atoms with Gasteiger partial charge >= 0.3 is 0 Å². The van der Waals surface area contributed by atoms with Crippen LogP contribution in [0.2, 0.25) is 5.02 Å². The van der Waals surface area contributed by atoms with Gasteiger partial charge in [-0.1, -0.05) is 37.4 Å². The molecule has 0 atom stereocenters. The molecule has 0 radical (unpaired) electrons. The van der Waals surface area contributed by atoms with Crippen molar-refractivity contribution in [3.05, 3.63) is 59.1 Å². The number of nitrogens with one attached hydrogen (secondary N) is 2. The lowest BCUT2D eigenvalue weighted by atomic mass is 10.2. The lowest BCUT2D eigenvalue weighted by molar-refractivity contribution is -0.116. The predicted molar refractivity (Wildman–Crippen MR) is 98.6 cm³/mol. The molecule has 0 aliphatic carbocycles. The number of unbranched alkanes of at least 4 members (excludes halogenated alkanes) is 2. The van der Waals surface area contributed by atoms with Crippen LogP contribution in [0.25, 0.3) is 0 Å². The Kier molecular flexibility index (Phi) is 6.82. The first-order valence-corrected chi connectivity index (χ1v) is 8.43. The molecule has 0 aromatic heterocycles. The highest BCUT2D eigenvalue weighted by Gasteiger charge is 2.07. The van der Waals surface area contributed by atoms with E-state index in [0.717, 1.165) is 24.9 Å². The Labute approximate surface area is 147 Å². The van der Waals surface area contributed by atoms with Crippen molar-refractivity contribution in [2.75, 3.05) is 10.6 Å². The van der Waals surface area contributed by atoms with Crippen molar-refractivity contribution in [3.8, 4) is 0 Å². The van der Waals surface area contributed by atoms with Crippen molar-refractivity contribution in [2.45, 2.75) is 32.6 Å². The quantitative estimate of drug-likeness (QED) is 0.685. The lowest BCUT2D eigenvalue weighted by Crippen LogP contribution is -2.13. The smallest absolute Gasteiger partial charge is 0.255 e. The van der Waals surface area contributed by atoms with Crippen LogP contribution in [0.5, 0.6) is 0 Å². The van der Waals surface area contributed by atoms with Crippen molar-refractivity contribution in [1.29, 1.82) is 0 Å². The van der Waals surface area contributed by atoms with Crippen molar-refractivity contribution in [1.82, 2.24) is 0 Å². The predicted octanol–water partition coefficient (Wildman–Crippen LogP) is 5.11. The molecule has 0 spiro atoms. The maximum absolute atomic E-state index is 12.1. The third-order valence-electron chi connectivity index (χ3n) is 3.52. The first kappa shape index (κ1) is 18.0. The van der Waals surface area contributed by atoms with E-state index in [1.165, 1.54) is 0 Å². The highest BCUT2D eigenvalue weighted by atomic mass is 35.5. The van der Waals surface area contributed by atoms with E-state index >= 15 is 0 Å². The summed E-state index contributed by atoms with van der Waals surface area (Å²) in [6.45, 7) is 2.11. The minimum absolute atomic E-state index is 0.0131. The zero-order valence-corrected chi connectivity index (χ0v) is 14.4. The number of rotatable bonds is 7. The summed E-state index contributed by atoms with van der Waals surface area (Å²) in [6, 6.07) is 13.8. The van der Waals surface area contributed by atoms with E-state index in [0.29, 0.717) is 22.7 Å². The number of hydrogen-bond donors (Lipinski definition) is 2. The van der Waals surface area contributed by atoms with Gasteiger partial charge in [-0.15, -0.1) is 0 Å². The number of amides is 2. The third-order valence-corrected chi connectivity index (χ3v) is 3.76. The van der Waals surface area contributed by atoms with Crippen LogP contribution in [0.1, 0.15) is 43.0 Å². The molecule has 126 valence electrons. The summed E-state index contributed by atoms with van der Waals surface area (Å²) in [5.74, 6) is -0.215. The highest BCUT2D eigenvalue weighted by Crippen LogP contribution is 2.16. The van der Waals surface area contributed by atoms with E-state index in [1.54, 1.807) is 48.5 Å².